The Morgan fingerprint density at radius 3 is 2.44 bits per heavy atom. The highest BCUT2D eigenvalue weighted by Gasteiger charge is 2.08. The van der Waals surface area contributed by atoms with Crippen LogP contribution < -0.4 is 15.4 Å². The Labute approximate surface area is 160 Å². The van der Waals surface area contributed by atoms with Gasteiger partial charge in [-0.1, -0.05) is 48.5 Å². The van der Waals surface area contributed by atoms with Crippen LogP contribution >= 0.6 is 0 Å². The molecule has 140 valence electrons. The third-order valence-corrected chi connectivity index (χ3v) is 4.39. The SMILES string of the molecule is COc1ccccc1CCNc1cc(NC(C)c2ccccc2)nc(C)n1. The van der Waals surface area contributed by atoms with E-state index in [1.54, 1.807) is 7.11 Å². The molecule has 0 bridgehead atoms. The highest BCUT2D eigenvalue weighted by molar-refractivity contribution is 5.49. The molecule has 1 atom stereocenters. The summed E-state index contributed by atoms with van der Waals surface area (Å²) in [6.45, 7) is 4.80. The Morgan fingerprint density at radius 1 is 0.963 bits per heavy atom. The van der Waals surface area contributed by atoms with Crippen molar-refractivity contribution < 1.29 is 4.74 Å². The van der Waals surface area contributed by atoms with E-state index in [-0.39, 0.29) is 6.04 Å². The molecule has 2 aromatic carbocycles. The van der Waals surface area contributed by atoms with E-state index < -0.39 is 0 Å². The summed E-state index contributed by atoms with van der Waals surface area (Å²) >= 11 is 0. The third-order valence-electron chi connectivity index (χ3n) is 4.39. The molecule has 3 rings (SSSR count). The Bertz CT molecular complexity index is 867. The molecule has 0 amide bonds. The first kappa shape index (κ1) is 18.7. The van der Waals surface area contributed by atoms with E-state index in [0.29, 0.717) is 0 Å². The molecular weight excluding hydrogens is 336 g/mol. The monoisotopic (exact) mass is 362 g/mol. The molecule has 3 aromatic rings. The zero-order valence-electron chi connectivity index (χ0n) is 16.1. The summed E-state index contributed by atoms with van der Waals surface area (Å²) in [6.07, 6.45) is 0.857. The molecular formula is C22H26N4O. The quantitative estimate of drug-likeness (QED) is 0.612. The molecule has 1 heterocycles. The second-order valence-electron chi connectivity index (χ2n) is 6.45. The van der Waals surface area contributed by atoms with Gasteiger partial charge in [0.05, 0.1) is 7.11 Å². The number of nitrogens with zero attached hydrogens (tertiary/aromatic N) is 2. The van der Waals surface area contributed by atoms with Crippen LogP contribution in [0.15, 0.2) is 60.7 Å². The molecule has 0 saturated carbocycles. The van der Waals surface area contributed by atoms with Gasteiger partial charge in [-0.2, -0.15) is 0 Å². The van der Waals surface area contributed by atoms with E-state index in [1.165, 1.54) is 11.1 Å². The molecule has 1 aromatic heterocycles. The van der Waals surface area contributed by atoms with Gasteiger partial charge in [-0.3, -0.25) is 0 Å². The fraction of sp³-hybridized carbons (Fsp3) is 0.273. The van der Waals surface area contributed by atoms with Gasteiger partial charge in [-0.25, -0.2) is 9.97 Å². The predicted octanol–water partition coefficient (Wildman–Crippen LogP) is 4.62. The Hall–Kier alpha value is -3.08. The highest BCUT2D eigenvalue weighted by Crippen LogP contribution is 2.20. The van der Waals surface area contributed by atoms with Crippen LogP contribution in [0.2, 0.25) is 0 Å². The van der Waals surface area contributed by atoms with Crippen molar-refractivity contribution in [2.24, 2.45) is 0 Å². The molecule has 0 aliphatic heterocycles. The number of nitrogens with one attached hydrogen (secondary N) is 2. The van der Waals surface area contributed by atoms with Crippen LogP contribution in [0, 0.1) is 6.92 Å². The smallest absolute Gasteiger partial charge is 0.132 e. The average molecular weight is 362 g/mol. The highest BCUT2D eigenvalue weighted by atomic mass is 16.5. The molecule has 0 spiro atoms. The lowest BCUT2D eigenvalue weighted by atomic mass is 10.1. The Balaban J connectivity index is 1.63. The molecule has 0 aliphatic carbocycles. The molecule has 5 heteroatoms. The summed E-state index contributed by atoms with van der Waals surface area (Å²) < 4.78 is 5.41. The minimum atomic E-state index is 0.168. The lowest BCUT2D eigenvalue weighted by Gasteiger charge is -2.16. The average Bonchev–Trinajstić information content (AvgIpc) is 2.68. The first-order valence-corrected chi connectivity index (χ1v) is 9.18. The summed E-state index contributed by atoms with van der Waals surface area (Å²) in [4.78, 5) is 9.00. The first-order valence-electron chi connectivity index (χ1n) is 9.18. The van der Waals surface area contributed by atoms with Gasteiger partial charge in [-0.15, -0.1) is 0 Å². The molecule has 2 N–H and O–H groups in total. The summed E-state index contributed by atoms with van der Waals surface area (Å²) in [7, 11) is 1.70. The van der Waals surface area contributed by atoms with Gasteiger partial charge in [0.15, 0.2) is 0 Å². The van der Waals surface area contributed by atoms with Crippen molar-refractivity contribution >= 4 is 11.6 Å². The number of para-hydroxylation sites is 1. The van der Waals surface area contributed by atoms with Crippen molar-refractivity contribution in [3.05, 3.63) is 77.6 Å². The normalized spacial score (nSPS) is 11.7. The van der Waals surface area contributed by atoms with Crippen molar-refractivity contribution in [3.63, 3.8) is 0 Å². The molecule has 27 heavy (non-hydrogen) atoms. The second kappa shape index (κ2) is 9.03. The van der Waals surface area contributed by atoms with E-state index in [0.717, 1.165) is 36.2 Å². The van der Waals surface area contributed by atoms with Gasteiger partial charge < -0.3 is 15.4 Å². The van der Waals surface area contributed by atoms with Crippen LogP contribution in [-0.2, 0) is 6.42 Å². The van der Waals surface area contributed by atoms with Crippen molar-refractivity contribution in [2.75, 3.05) is 24.3 Å². The number of benzene rings is 2. The molecule has 0 aliphatic rings. The van der Waals surface area contributed by atoms with Gasteiger partial charge in [0.1, 0.15) is 23.2 Å². The summed E-state index contributed by atoms with van der Waals surface area (Å²) in [5, 5.41) is 6.85. The first-order chi connectivity index (χ1) is 13.2. The summed E-state index contributed by atoms with van der Waals surface area (Å²) in [5.74, 6) is 3.29. The molecule has 0 saturated heterocycles. The second-order valence-corrected chi connectivity index (χ2v) is 6.45. The number of rotatable bonds is 8. The van der Waals surface area contributed by atoms with E-state index in [4.69, 9.17) is 4.74 Å². The van der Waals surface area contributed by atoms with E-state index in [2.05, 4.69) is 45.7 Å². The maximum atomic E-state index is 5.41. The Morgan fingerprint density at radius 2 is 1.67 bits per heavy atom. The predicted molar refractivity (Wildman–Crippen MR) is 110 cm³/mol. The van der Waals surface area contributed by atoms with Gasteiger partial charge in [0.25, 0.3) is 0 Å². The number of anilines is 2. The van der Waals surface area contributed by atoms with Crippen LogP contribution in [0.1, 0.15) is 29.9 Å². The minimum Gasteiger partial charge on any atom is -0.496 e. The number of methoxy groups -OCH3 is 1. The number of hydrogen-bond donors (Lipinski definition) is 2. The molecule has 5 nitrogen and oxygen atoms in total. The van der Waals surface area contributed by atoms with E-state index >= 15 is 0 Å². The van der Waals surface area contributed by atoms with Crippen LogP contribution in [-0.4, -0.2) is 23.6 Å². The largest absolute Gasteiger partial charge is 0.496 e. The molecule has 0 fully saturated rings. The van der Waals surface area contributed by atoms with Crippen molar-refractivity contribution in [2.45, 2.75) is 26.3 Å². The zero-order valence-corrected chi connectivity index (χ0v) is 16.1. The van der Waals surface area contributed by atoms with Gasteiger partial charge >= 0.3 is 0 Å². The van der Waals surface area contributed by atoms with Crippen LogP contribution in [0.3, 0.4) is 0 Å². The third kappa shape index (κ3) is 5.20. The van der Waals surface area contributed by atoms with E-state index in [1.807, 2.05) is 49.4 Å². The van der Waals surface area contributed by atoms with Crippen molar-refractivity contribution in [1.82, 2.24) is 9.97 Å². The Kier molecular flexibility index (Phi) is 6.26. The standard InChI is InChI=1S/C22H26N4O/c1-16(18-9-5-4-6-10-18)24-22-15-21(25-17(2)26-22)23-14-13-19-11-7-8-12-20(19)27-3/h4-12,15-16H,13-14H2,1-3H3,(H2,23,24,25,26). The van der Waals surface area contributed by atoms with E-state index in [9.17, 15) is 0 Å². The maximum absolute atomic E-state index is 5.41. The number of aryl methyl sites for hydroxylation is 1. The van der Waals surface area contributed by atoms with Crippen LogP contribution in [0.5, 0.6) is 5.75 Å². The summed E-state index contributed by atoms with van der Waals surface area (Å²) in [6, 6.07) is 20.5. The number of ether oxygens (including phenoxy) is 1. The number of aromatic nitrogens is 2. The topological polar surface area (TPSA) is 59.1 Å². The van der Waals surface area contributed by atoms with Crippen molar-refractivity contribution in [3.8, 4) is 5.75 Å². The fourth-order valence-electron chi connectivity index (χ4n) is 3.01. The van der Waals surface area contributed by atoms with Gasteiger partial charge in [0, 0.05) is 18.7 Å². The lowest BCUT2D eigenvalue weighted by molar-refractivity contribution is 0.410. The van der Waals surface area contributed by atoms with Crippen LogP contribution in [0.25, 0.3) is 0 Å². The van der Waals surface area contributed by atoms with Crippen LogP contribution in [0.4, 0.5) is 11.6 Å². The van der Waals surface area contributed by atoms with Crippen molar-refractivity contribution in [1.29, 1.82) is 0 Å². The fourth-order valence-corrected chi connectivity index (χ4v) is 3.01. The van der Waals surface area contributed by atoms with Gasteiger partial charge in [0.2, 0.25) is 0 Å². The number of hydrogen-bond acceptors (Lipinski definition) is 5. The molecule has 1 unspecified atom stereocenters. The zero-order chi connectivity index (χ0) is 19.1. The minimum absolute atomic E-state index is 0.168. The summed E-state index contributed by atoms with van der Waals surface area (Å²) in [5.41, 5.74) is 2.40. The molecule has 0 radical (unpaired) electrons. The lowest BCUT2D eigenvalue weighted by Crippen LogP contribution is -2.11. The maximum Gasteiger partial charge on any atom is 0.132 e. The van der Waals surface area contributed by atoms with Gasteiger partial charge in [-0.05, 0) is 37.5 Å².